The molecule has 104 valence electrons. The number of carboxylic acids is 1. The molecule has 0 bridgehead atoms. The van der Waals surface area contributed by atoms with Gasteiger partial charge < -0.3 is 16.2 Å². The summed E-state index contributed by atoms with van der Waals surface area (Å²) in [5, 5.41) is 12.3. The second-order valence-corrected chi connectivity index (χ2v) is 4.68. The van der Waals surface area contributed by atoms with Crippen molar-refractivity contribution in [3.63, 3.8) is 0 Å². The summed E-state index contributed by atoms with van der Waals surface area (Å²) in [5.41, 5.74) is 9.48. The van der Waals surface area contributed by atoms with Gasteiger partial charge in [0, 0.05) is 17.1 Å². The summed E-state index contributed by atoms with van der Waals surface area (Å²) < 4.78 is 0. The van der Waals surface area contributed by atoms with E-state index in [4.69, 9.17) is 10.8 Å². The molecule has 0 saturated heterocycles. The molecule has 5 nitrogen and oxygen atoms in total. The fraction of sp³-hybridized carbons (Fsp3) is 0.200. The molecule has 4 N–H and O–H groups in total. The molecular weight excluding hydrogens is 254 g/mol. The molecule has 0 atom stereocenters. The maximum Gasteiger partial charge on any atom is 0.337 e. The molecule has 0 spiro atoms. The molecule has 2 aromatic rings. The van der Waals surface area contributed by atoms with Crippen molar-refractivity contribution < 1.29 is 9.90 Å². The third-order valence-electron chi connectivity index (χ3n) is 3.04. The first kappa shape index (κ1) is 13.9. The highest BCUT2D eigenvalue weighted by Gasteiger charge is 2.11. The Balaban J connectivity index is 2.20. The van der Waals surface area contributed by atoms with Crippen LogP contribution in [-0.2, 0) is 6.54 Å². The average molecular weight is 271 g/mol. The molecule has 0 amide bonds. The number of aryl methyl sites for hydroxylation is 2. The lowest BCUT2D eigenvalue weighted by atomic mass is 10.1. The Morgan fingerprint density at radius 1 is 1.35 bits per heavy atom. The number of pyridine rings is 1. The number of aromatic nitrogens is 1. The first-order chi connectivity index (χ1) is 9.47. The summed E-state index contributed by atoms with van der Waals surface area (Å²) >= 11 is 0. The lowest BCUT2D eigenvalue weighted by Gasteiger charge is -2.11. The van der Waals surface area contributed by atoms with E-state index in [-0.39, 0.29) is 5.56 Å². The number of carbonyl (C=O) groups is 1. The molecule has 0 aliphatic rings. The summed E-state index contributed by atoms with van der Waals surface area (Å²) in [5.74, 6) is -1.03. The molecule has 0 radical (unpaired) electrons. The van der Waals surface area contributed by atoms with Gasteiger partial charge >= 0.3 is 5.97 Å². The van der Waals surface area contributed by atoms with E-state index in [2.05, 4.69) is 10.3 Å². The van der Waals surface area contributed by atoms with Crippen LogP contribution in [0.4, 0.5) is 11.4 Å². The molecule has 20 heavy (non-hydrogen) atoms. The van der Waals surface area contributed by atoms with E-state index >= 15 is 0 Å². The molecule has 1 heterocycles. The molecule has 2 rings (SSSR count). The number of hydrogen-bond donors (Lipinski definition) is 3. The van der Waals surface area contributed by atoms with Crippen LogP contribution in [0.5, 0.6) is 0 Å². The maximum absolute atomic E-state index is 11.1. The van der Waals surface area contributed by atoms with Crippen LogP contribution in [0.3, 0.4) is 0 Å². The van der Waals surface area contributed by atoms with Crippen LogP contribution in [0.25, 0.3) is 0 Å². The van der Waals surface area contributed by atoms with E-state index in [9.17, 15) is 4.79 Å². The molecule has 1 aromatic heterocycles. The van der Waals surface area contributed by atoms with Gasteiger partial charge in [0.1, 0.15) is 0 Å². The van der Waals surface area contributed by atoms with Gasteiger partial charge in [0.05, 0.1) is 17.8 Å². The number of nitrogen functional groups attached to an aromatic ring is 1. The molecule has 5 heteroatoms. The number of nitrogens with two attached hydrogens (primary N) is 1. The second-order valence-electron chi connectivity index (χ2n) is 4.68. The highest BCUT2D eigenvalue weighted by molar-refractivity contribution is 5.95. The quantitative estimate of drug-likeness (QED) is 0.744. The van der Waals surface area contributed by atoms with Crippen LogP contribution >= 0.6 is 0 Å². The summed E-state index contributed by atoms with van der Waals surface area (Å²) in [4.78, 5) is 15.5. The van der Waals surface area contributed by atoms with Gasteiger partial charge in [-0.1, -0.05) is 6.07 Å². The fourth-order valence-electron chi connectivity index (χ4n) is 1.97. The second kappa shape index (κ2) is 5.61. The molecule has 0 fully saturated rings. The van der Waals surface area contributed by atoms with E-state index in [0.29, 0.717) is 12.2 Å². The Morgan fingerprint density at radius 3 is 2.75 bits per heavy atom. The minimum atomic E-state index is -1.03. The lowest BCUT2D eigenvalue weighted by molar-refractivity contribution is 0.0698. The topological polar surface area (TPSA) is 88.2 Å². The van der Waals surface area contributed by atoms with Gasteiger partial charge in [0.25, 0.3) is 0 Å². The van der Waals surface area contributed by atoms with Gasteiger partial charge in [0.15, 0.2) is 0 Å². The number of benzene rings is 1. The van der Waals surface area contributed by atoms with Crippen LogP contribution < -0.4 is 11.1 Å². The number of nitrogens with one attached hydrogen (secondary N) is 1. The van der Waals surface area contributed by atoms with E-state index in [1.807, 2.05) is 31.2 Å². The Labute approximate surface area is 117 Å². The summed E-state index contributed by atoms with van der Waals surface area (Å²) in [6.07, 6.45) is 0. The van der Waals surface area contributed by atoms with Crippen molar-refractivity contribution in [2.45, 2.75) is 20.4 Å². The first-order valence-corrected chi connectivity index (χ1v) is 6.27. The Hall–Kier alpha value is -2.56. The van der Waals surface area contributed by atoms with Gasteiger partial charge in [-0.15, -0.1) is 0 Å². The van der Waals surface area contributed by atoms with Gasteiger partial charge in [-0.3, -0.25) is 4.98 Å². The first-order valence-electron chi connectivity index (χ1n) is 6.27. The minimum Gasteiger partial charge on any atom is -0.478 e. The number of aromatic carboxylic acids is 1. The predicted octanol–water partition coefficient (Wildman–Crippen LogP) is 2.59. The highest BCUT2D eigenvalue weighted by atomic mass is 16.4. The maximum atomic E-state index is 11.1. The molecule has 0 saturated carbocycles. The monoisotopic (exact) mass is 271 g/mol. The van der Waals surface area contributed by atoms with Crippen molar-refractivity contribution in [1.29, 1.82) is 0 Å². The summed E-state index contributed by atoms with van der Waals surface area (Å²) in [7, 11) is 0. The molecular formula is C15H17N3O2. The van der Waals surface area contributed by atoms with Crippen LogP contribution in [0.15, 0.2) is 30.3 Å². The van der Waals surface area contributed by atoms with Gasteiger partial charge in [-0.25, -0.2) is 4.79 Å². The zero-order valence-electron chi connectivity index (χ0n) is 11.5. The molecule has 0 aliphatic heterocycles. The van der Waals surface area contributed by atoms with Crippen molar-refractivity contribution >= 4 is 17.3 Å². The van der Waals surface area contributed by atoms with E-state index in [1.54, 1.807) is 13.0 Å². The minimum absolute atomic E-state index is 0.115. The number of carboxylic acid groups (broad SMARTS) is 1. The fourth-order valence-corrected chi connectivity index (χ4v) is 1.97. The number of rotatable bonds is 4. The average Bonchev–Trinajstić information content (AvgIpc) is 2.39. The zero-order valence-corrected chi connectivity index (χ0v) is 11.5. The molecule has 0 unspecified atom stereocenters. The number of hydrogen-bond acceptors (Lipinski definition) is 4. The smallest absolute Gasteiger partial charge is 0.337 e. The van der Waals surface area contributed by atoms with Crippen molar-refractivity contribution in [3.8, 4) is 0 Å². The number of nitrogens with zero attached hydrogens (tertiary/aromatic N) is 1. The Kier molecular flexibility index (Phi) is 3.89. The summed E-state index contributed by atoms with van der Waals surface area (Å²) in [6.45, 7) is 4.25. The van der Waals surface area contributed by atoms with Gasteiger partial charge in [-0.2, -0.15) is 0 Å². The third-order valence-corrected chi connectivity index (χ3v) is 3.04. The lowest BCUT2D eigenvalue weighted by Crippen LogP contribution is -2.07. The van der Waals surface area contributed by atoms with Crippen LogP contribution in [0.2, 0.25) is 0 Å². The van der Waals surface area contributed by atoms with Crippen molar-refractivity contribution in [2.24, 2.45) is 0 Å². The van der Waals surface area contributed by atoms with E-state index < -0.39 is 5.97 Å². The predicted molar refractivity (Wildman–Crippen MR) is 78.9 cm³/mol. The van der Waals surface area contributed by atoms with Crippen molar-refractivity contribution in [2.75, 3.05) is 11.1 Å². The van der Waals surface area contributed by atoms with Crippen LogP contribution in [0, 0.1) is 13.8 Å². The van der Waals surface area contributed by atoms with E-state index in [0.717, 1.165) is 22.6 Å². The van der Waals surface area contributed by atoms with Gasteiger partial charge in [0.2, 0.25) is 0 Å². The van der Waals surface area contributed by atoms with Crippen molar-refractivity contribution in [1.82, 2.24) is 4.98 Å². The largest absolute Gasteiger partial charge is 0.478 e. The molecule has 0 aliphatic carbocycles. The van der Waals surface area contributed by atoms with Crippen LogP contribution in [-0.4, -0.2) is 16.1 Å². The standard InChI is InChI=1S/C15H17N3O2/c1-9-6-12(7-13(14(9)16)15(19)20)17-8-11-5-3-4-10(2)18-11/h3-7,17H,8,16H2,1-2H3,(H,19,20). The van der Waals surface area contributed by atoms with Gasteiger partial charge in [-0.05, 0) is 43.7 Å². The normalized spacial score (nSPS) is 10.3. The summed E-state index contributed by atoms with van der Waals surface area (Å²) in [6, 6.07) is 9.16. The third kappa shape index (κ3) is 3.06. The Morgan fingerprint density at radius 2 is 2.10 bits per heavy atom. The Bertz CT molecular complexity index is 654. The van der Waals surface area contributed by atoms with E-state index in [1.165, 1.54) is 0 Å². The van der Waals surface area contributed by atoms with Crippen LogP contribution in [0.1, 0.15) is 27.3 Å². The SMILES string of the molecule is Cc1cccc(CNc2cc(C)c(N)c(C(=O)O)c2)n1. The number of anilines is 2. The zero-order chi connectivity index (χ0) is 14.7. The van der Waals surface area contributed by atoms with Crippen molar-refractivity contribution in [3.05, 3.63) is 52.8 Å². The highest BCUT2D eigenvalue weighted by Crippen LogP contribution is 2.23. The molecule has 1 aromatic carbocycles.